The summed E-state index contributed by atoms with van der Waals surface area (Å²) in [5.41, 5.74) is 2.49. The van der Waals surface area contributed by atoms with Crippen molar-refractivity contribution >= 4 is 23.4 Å². The zero-order valence-electron chi connectivity index (χ0n) is 17.1. The number of anilines is 1. The maximum absolute atomic E-state index is 13.1. The number of amides is 1. The number of thioether (sulfide) groups is 1. The second-order valence-electron chi connectivity index (χ2n) is 7.02. The van der Waals surface area contributed by atoms with Crippen molar-refractivity contribution in [3.63, 3.8) is 0 Å². The Labute approximate surface area is 183 Å². The van der Waals surface area contributed by atoms with Crippen LogP contribution in [0.15, 0.2) is 76.5 Å². The van der Waals surface area contributed by atoms with Gasteiger partial charge in [0, 0.05) is 5.69 Å². The Kier molecular flexibility index (Phi) is 6.18. The molecule has 1 amide bonds. The van der Waals surface area contributed by atoms with Crippen LogP contribution in [0.1, 0.15) is 18.2 Å². The molecule has 0 aliphatic heterocycles. The van der Waals surface area contributed by atoms with E-state index >= 15 is 0 Å². The molecule has 2 aromatic carbocycles. The Morgan fingerprint density at radius 2 is 1.87 bits per heavy atom. The van der Waals surface area contributed by atoms with E-state index in [0.29, 0.717) is 23.2 Å². The van der Waals surface area contributed by atoms with Crippen LogP contribution in [0.5, 0.6) is 0 Å². The molecule has 4 aromatic rings. The zero-order chi connectivity index (χ0) is 21.8. The van der Waals surface area contributed by atoms with E-state index in [1.54, 1.807) is 13.2 Å². The molecule has 0 saturated heterocycles. The van der Waals surface area contributed by atoms with Crippen LogP contribution in [-0.4, -0.2) is 25.9 Å². The highest BCUT2D eigenvalue weighted by atomic mass is 32.2. The molecule has 1 atom stereocenters. The maximum Gasteiger partial charge on any atom is 0.237 e. The SMILES string of the molecule is Cc1occc1-c1nnc(SC(C)C(=O)Nc2ccc(F)cc2)n1Cc1ccccc1. The van der Waals surface area contributed by atoms with E-state index in [1.807, 2.05) is 47.9 Å². The lowest BCUT2D eigenvalue weighted by Gasteiger charge is -2.14. The minimum Gasteiger partial charge on any atom is -0.469 e. The van der Waals surface area contributed by atoms with Gasteiger partial charge in [0.15, 0.2) is 11.0 Å². The first kappa shape index (κ1) is 20.9. The highest BCUT2D eigenvalue weighted by Crippen LogP contribution is 2.30. The Bertz CT molecular complexity index is 1170. The Morgan fingerprint density at radius 3 is 2.55 bits per heavy atom. The summed E-state index contributed by atoms with van der Waals surface area (Å²) < 4.78 is 20.5. The maximum atomic E-state index is 13.1. The summed E-state index contributed by atoms with van der Waals surface area (Å²) in [6.45, 7) is 4.23. The van der Waals surface area contributed by atoms with Crippen molar-refractivity contribution in [1.82, 2.24) is 14.8 Å². The molecule has 6 nitrogen and oxygen atoms in total. The van der Waals surface area contributed by atoms with E-state index in [4.69, 9.17) is 4.42 Å². The van der Waals surface area contributed by atoms with Crippen LogP contribution in [0.3, 0.4) is 0 Å². The summed E-state index contributed by atoms with van der Waals surface area (Å²) in [7, 11) is 0. The van der Waals surface area contributed by atoms with Crippen molar-refractivity contribution in [2.45, 2.75) is 30.8 Å². The van der Waals surface area contributed by atoms with E-state index in [9.17, 15) is 9.18 Å². The summed E-state index contributed by atoms with van der Waals surface area (Å²) in [6.07, 6.45) is 1.62. The van der Waals surface area contributed by atoms with Gasteiger partial charge in [-0.05, 0) is 49.7 Å². The Hall–Kier alpha value is -3.39. The molecular weight excluding hydrogens is 415 g/mol. The monoisotopic (exact) mass is 436 g/mol. The number of hydrogen-bond acceptors (Lipinski definition) is 5. The van der Waals surface area contributed by atoms with Crippen LogP contribution in [0.25, 0.3) is 11.4 Å². The van der Waals surface area contributed by atoms with Gasteiger partial charge in [-0.1, -0.05) is 42.1 Å². The summed E-state index contributed by atoms with van der Waals surface area (Å²) in [4.78, 5) is 12.7. The largest absolute Gasteiger partial charge is 0.469 e. The van der Waals surface area contributed by atoms with Gasteiger partial charge >= 0.3 is 0 Å². The molecule has 8 heteroatoms. The molecule has 0 saturated carbocycles. The number of benzene rings is 2. The normalized spacial score (nSPS) is 12.0. The average molecular weight is 437 g/mol. The third-order valence-electron chi connectivity index (χ3n) is 4.76. The van der Waals surface area contributed by atoms with Gasteiger partial charge < -0.3 is 9.73 Å². The van der Waals surface area contributed by atoms with Gasteiger partial charge in [0.2, 0.25) is 5.91 Å². The van der Waals surface area contributed by atoms with Gasteiger partial charge in [0.25, 0.3) is 0 Å². The van der Waals surface area contributed by atoms with Crippen LogP contribution < -0.4 is 5.32 Å². The standard InChI is InChI=1S/C23H21FN4O2S/c1-15-20(12-13-30-15)21-26-27-23(28(21)14-17-6-4-3-5-7-17)31-16(2)22(29)25-19-10-8-18(24)9-11-19/h3-13,16H,14H2,1-2H3,(H,25,29). The topological polar surface area (TPSA) is 72.9 Å². The van der Waals surface area contributed by atoms with Crippen molar-refractivity contribution in [2.24, 2.45) is 0 Å². The van der Waals surface area contributed by atoms with E-state index in [-0.39, 0.29) is 11.7 Å². The van der Waals surface area contributed by atoms with Gasteiger partial charge in [0.05, 0.1) is 23.6 Å². The first-order chi connectivity index (χ1) is 15.0. The van der Waals surface area contributed by atoms with E-state index < -0.39 is 5.25 Å². The van der Waals surface area contributed by atoms with Gasteiger partial charge in [-0.3, -0.25) is 9.36 Å². The summed E-state index contributed by atoms with van der Waals surface area (Å²) in [5.74, 6) is 0.882. The molecule has 0 radical (unpaired) electrons. The van der Waals surface area contributed by atoms with Gasteiger partial charge in [0.1, 0.15) is 11.6 Å². The third-order valence-corrected chi connectivity index (χ3v) is 5.84. The molecule has 31 heavy (non-hydrogen) atoms. The molecular formula is C23H21FN4O2S. The molecule has 2 aromatic heterocycles. The number of rotatable bonds is 7. The number of aromatic nitrogens is 3. The molecule has 158 valence electrons. The molecule has 0 fully saturated rings. The predicted molar refractivity (Wildman–Crippen MR) is 118 cm³/mol. The lowest BCUT2D eigenvalue weighted by atomic mass is 10.2. The van der Waals surface area contributed by atoms with Gasteiger partial charge in [-0.25, -0.2) is 4.39 Å². The summed E-state index contributed by atoms with van der Waals surface area (Å²) >= 11 is 1.32. The number of carbonyl (C=O) groups is 1. The number of furan rings is 1. The summed E-state index contributed by atoms with van der Waals surface area (Å²) in [6, 6.07) is 17.5. The smallest absolute Gasteiger partial charge is 0.237 e. The van der Waals surface area contributed by atoms with Crippen LogP contribution in [0, 0.1) is 12.7 Å². The minimum atomic E-state index is -0.443. The fourth-order valence-electron chi connectivity index (χ4n) is 3.09. The lowest BCUT2D eigenvalue weighted by molar-refractivity contribution is -0.115. The Balaban J connectivity index is 1.58. The Morgan fingerprint density at radius 1 is 1.13 bits per heavy atom. The molecule has 1 N–H and O–H groups in total. The molecule has 1 unspecified atom stereocenters. The molecule has 0 aliphatic rings. The number of nitrogens with zero attached hydrogens (tertiary/aromatic N) is 3. The molecule has 0 aliphatic carbocycles. The van der Waals surface area contributed by atoms with Crippen molar-refractivity contribution < 1.29 is 13.6 Å². The van der Waals surface area contributed by atoms with Gasteiger partial charge in [-0.2, -0.15) is 0 Å². The second kappa shape index (κ2) is 9.18. The van der Waals surface area contributed by atoms with Crippen LogP contribution in [0.2, 0.25) is 0 Å². The number of carbonyl (C=O) groups excluding carboxylic acids is 1. The second-order valence-corrected chi connectivity index (χ2v) is 8.33. The quantitative estimate of drug-likeness (QED) is 0.406. The van der Waals surface area contributed by atoms with Crippen molar-refractivity contribution in [1.29, 1.82) is 0 Å². The predicted octanol–water partition coefficient (Wildman–Crippen LogP) is 5.15. The number of aryl methyl sites for hydroxylation is 1. The van der Waals surface area contributed by atoms with E-state index in [0.717, 1.165) is 16.9 Å². The number of hydrogen-bond donors (Lipinski definition) is 1. The van der Waals surface area contributed by atoms with Crippen molar-refractivity contribution in [2.75, 3.05) is 5.32 Å². The first-order valence-corrected chi connectivity index (χ1v) is 10.6. The van der Waals surface area contributed by atoms with Crippen LogP contribution in [0.4, 0.5) is 10.1 Å². The highest BCUT2D eigenvalue weighted by molar-refractivity contribution is 8.00. The zero-order valence-corrected chi connectivity index (χ0v) is 17.9. The van der Waals surface area contributed by atoms with E-state index in [2.05, 4.69) is 15.5 Å². The number of nitrogens with one attached hydrogen (secondary N) is 1. The third kappa shape index (κ3) is 4.86. The van der Waals surface area contributed by atoms with Crippen molar-refractivity contribution in [3.8, 4) is 11.4 Å². The first-order valence-electron chi connectivity index (χ1n) is 9.76. The molecule has 0 spiro atoms. The fourth-order valence-corrected chi connectivity index (χ4v) is 3.94. The molecule has 4 rings (SSSR count). The van der Waals surface area contributed by atoms with Crippen LogP contribution >= 0.6 is 11.8 Å². The lowest BCUT2D eigenvalue weighted by Crippen LogP contribution is -2.23. The van der Waals surface area contributed by atoms with Crippen molar-refractivity contribution in [3.05, 3.63) is 84.1 Å². The minimum absolute atomic E-state index is 0.202. The fraction of sp³-hybridized carbons (Fsp3) is 0.174. The van der Waals surface area contributed by atoms with Gasteiger partial charge in [-0.15, -0.1) is 10.2 Å². The van der Waals surface area contributed by atoms with Crippen LogP contribution in [-0.2, 0) is 11.3 Å². The van der Waals surface area contributed by atoms with E-state index in [1.165, 1.54) is 36.0 Å². The molecule has 0 bridgehead atoms. The summed E-state index contributed by atoms with van der Waals surface area (Å²) in [5, 5.41) is 11.7. The molecule has 2 heterocycles. The number of halogens is 1. The average Bonchev–Trinajstić information content (AvgIpc) is 3.36. The highest BCUT2D eigenvalue weighted by Gasteiger charge is 2.22.